The smallest absolute Gasteiger partial charge is 0.253 e. The third-order valence-corrected chi connectivity index (χ3v) is 4.12. The Bertz CT molecular complexity index is 952. The molecule has 2 aromatic carbocycles. The lowest BCUT2D eigenvalue weighted by Gasteiger charge is -2.09. The molecule has 23 heavy (non-hydrogen) atoms. The molecule has 3 aromatic rings. The Hall–Kier alpha value is -2.59. The summed E-state index contributed by atoms with van der Waals surface area (Å²) in [6, 6.07) is 13.0. The van der Waals surface area contributed by atoms with E-state index >= 15 is 0 Å². The molecule has 0 aliphatic carbocycles. The van der Waals surface area contributed by atoms with E-state index in [9.17, 15) is 4.79 Å². The quantitative estimate of drug-likeness (QED) is 0.658. The van der Waals surface area contributed by atoms with Crippen molar-refractivity contribution in [3.8, 4) is 22.8 Å². The van der Waals surface area contributed by atoms with E-state index in [0.717, 1.165) is 22.0 Å². The number of aryl methyl sites for hydroxylation is 1. The van der Waals surface area contributed by atoms with E-state index in [1.807, 2.05) is 43.3 Å². The number of carbonyl (C=O) groups excluding carboxylic acids is 1. The summed E-state index contributed by atoms with van der Waals surface area (Å²) in [5, 5.41) is 0.263. The number of pyridine rings is 1. The van der Waals surface area contributed by atoms with Gasteiger partial charge >= 0.3 is 0 Å². The second-order valence-corrected chi connectivity index (χ2v) is 5.71. The number of halogens is 1. The van der Waals surface area contributed by atoms with E-state index in [1.165, 1.54) is 0 Å². The van der Waals surface area contributed by atoms with Crippen LogP contribution < -0.4 is 9.47 Å². The van der Waals surface area contributed by atoms with Crippen LogP contribution in [0.2, 0.25) is 0 Å². The molecule has 2 heterocycles. The molecule has 1 aromatic heterocycles. The van der Waals surface area contributed by atoms with Crippen molar-refractivity contribution in [1.29, 1.82) is 0 Å². The molecular formula is C18H12ClNO3. The zero-order valence-corrected chi connectivity index (χ0v) is 13.1. The number of nitrogens with zero attached hydrogens (tertiary/aromatic N) is 1. The Labute approximate surface area is 137 Å². The van der Waals surface area contributed by atoms with Crippen molar-refractivity contribution in [2.75, 3.05) is 6.79 Å². The fourth-order valence-corrected chi connectivity index (χ4v) is 2.91. The van der Waals surface area contributed by atoms with Gasteiger partial charge in [0.25, 0.3) is 5.24 Å². The van der Waals surface area contributed by atoms with Crippen LogP contribution in [0.4, 0.5) is 0 Å². The highest BCUT2D eigenvalue weighted by Gasteiger charge is 2.17. The lowest BCUT2D eigenvalue weighted by Crippen LogP contribution is -1.97. The Balaban J connectivity index is 1.97. The van der Waals surface area contributed by atoms with Crippen LogP contribution in [0.15, 0.2) is 42.5 Å². The van der Waals surface area contributed by atoms with Crippen LogP contribution in [-0.2, 0) is 0 Å². The molecular weight excluding hydrogens is 314 g/mol. The first-order chi connectivity index (χ1) is 11.1. The van der Waals surface area contributed by atoms with Crippen LogP contribution in [0, 0.1) is 6.92 Å². The maximum absolute atomic E-state index is 11.8. The van der Waals surface area contributed by atoms with Crippen LogP contribution in [0.25, 0.3) is 22.2 Å². The first kappa shape index (κ1) is 14.0. The van der Waals surface area contributed by atoms with Gasteiger partial charge in [0.15, 0.2) is 11.5 Å². The summed E-state index contributed by atoms with van der Waals surface area (Å²) in [6.45, 7) is 2.18. The van der Waals surface area contributed by atoms with E-state index in [0.29, 0.717) is 22.8 Å². The normalized spacial score (nSPS) is 12.6. The average molecular weight is 326 g/mol. The van der Waals surface area contributed by atoms with E-state index in [-0.39, 0.29) is 6.79 Å². The van der Waals surface area contributed by atoms with Crippen molar-refractivity contribution >= 4 is 27.7 Å². The monoisotopic (exact) mass is 325 g/mol. The summed E-state index contributed by atoms with van der Waals surface area (Å²) in [6.07, 6.45) is 0. The summed E-state index contributed by atoms with van der Waals surface area (Å²) in [5.74, 6) is 1.38. The number of hydrogen-bond acceptors (Lipinski definition) is 4. The standard InChI is InChI=1S/C18H12ClNO3/c1-10-3-2-4-12-13(18(19)21)8-14(20-17(10)12)11-5-6-15-16(7-11)23-9-22-15/h2-8H,9H2,1H3. The lowest BCUT2D eigenvalue weighted by atomic mass is 10.0. The number of ether oxygens (including phenoxy) is 2. The topological polar surface area (TPSA) is 48.4 Å². The van der Waals surface area contributed by atoms with Gasteiger partial charge in [-0.2, -0.15) is 0 Å². The van der Waals surface area contributed by atoms with Gasteiger partial charge in [-0.1, -0.05) is 18.2 Å². The van der Waals surface area contributed by atoms with E-state index in [2.05, 4.69) is 0 Å². The predicted molar refractivity (Wildman–Crippen MR) is 88.2 cm³/mol. The molecule has 5 heteroatoms. The highest BCUT2D eigenvalue weighted by Crippen LogP contribution is 2.36. The molecule has 0 amide bonds. The number of para-hydroxylation sites is 1. The summed E-state index contributed by atoms with van der Waals surface area (Å²) < 4.78 is 10.7. The van der Waals surface area contributed by atoms with Crippen LogP contribution in [0.1, 0.15) is 15.9 Å². The van der Waals surface area contributed by atoms with Crippen molar-refractivity contribution in [3.05, 3.63) is 53.6 Å². The van der Waals surface area contributed by atoms with Crippen molar-refractivity contribution in [2.24, 2.45) is 0 Å². The van der Waals surface area contributed by atoms with E-state index in [4.69, 9.17) is 26.1 Å². The molecule has 0 fully saturated rings. The second-order valence-electron chi connectivity index (χ2n) is 5.37. The van der Waals surface area contributed by atoms with Crippen LogP contribution in [-0.4, -0.2) is 17.0 Å². The molecule has 0 unspecified atom stereocenters. The van der Waals surface area contributed by atoms with Gasteiger partial charge in [-0.25, -0.2) is 4.98 Å². The van der Waals surface area contributed by atoms with Gasteiger partial charge in [-0.05, 0) is 48.4 Å². The van der Waals surface area contributed by atoms with Gasteiger partial charge in [-0.15, -0.1) is 0 Å². The summed E-state index contributed by atoms with van der Waals surface area (Å²) in [5.41, 5.74) is 3.73. The average Bonchev–Trinajstić information content (AvgIpc) is 3.02. The van der Waals surface area contributed by atoms with Crippen molar-refractivity contribution in [1.82, 2.24) is 4.98 Å². The minimum atomic E-state index is -0.495. The summed E-state index contributed by atoms with van der Waals surface area (Å²) in [4.78, 5) is 16.5. The molecule has 114 valence electrons. The molecule has 1 aliphatic rings. The summed E-state index contributed by atoms with van der Waals surface area (Å²) in [7, 11) is 0. The highest BCUT2D eigenvalue weighted by atomic mass is 35.5. The molecule has 0 bridgehead atoms. The molecule has 0 saturated carbocycles. The van der Waals surface area contributed by atoms with Gasteiger partial charge in [-0.3, -0.25) is 4.79 Å². The Morgan fingerprint density at radius 2 is 1.96 bits per heavy atom. The van der Waals surface area contributed by atoms with E-state index < -0.39 is 5.24 Å². The third kappa shape index (κ3) is 2.32. The Morgan fingerprint density at radius 1 is 1.13 bits per heavy atom. The number of carbonyl (C=O) groups is 1. The SMILES string of the molecule is Cc1cccc2c(C(=O)Cl)cc(-c3ccc4c(c3)OCO4)nc12. The van der Waals surface area contributed by atoms with Crippen molar-refractivity contribution < 1.29 is 14.3 Å². The molecule has 0 radical (unpaired) electrons. The number of fused-ring (bicyclic) bond motifs is 2. The van der Waals surface area contributed by atoms with Crippen molar-refractivity contribution in [3.63, 3.8) is 0 Å². The lowest BCUT2D eigenvalue weighted by molar-refractivity contribution is 0.108. The second kappa shape index (κ2) is 5.25. The maximum atomic E-state index is 11.8. The number of hydrogen-bond donors (Lipinski definition) is 0. The minimum Gasteiger partial charge on any atom is -0.454 e. The minimum absolute atomic E-state index is 0.217. The van der Waals surface area contributed by atoms with E-state index in [1.54, 1.807) is 6.07 Å². The molecule has 1 aliphatic heterocycles. The third-order valence-electron chi connectivity index (χ3n) is 3.92. The van der Waals surface area contributed by atoms with Crippen LogP contribution >= 0.6 is 11.6 Å². The fraction of sp³-hybridized carbons (Fsp3) is 0.111. The van der Waals surface area contributed by atoms with Crippen molar-refractivity contribution in [2.45, 2.75) is 6.92 Å². The molecule has 0 spiro atoms. The van der Waals surface area contributed by atoms with Crippen LogP contribution in [0.5, 0.6) is 11.5 Å². The number of aromatic nitrogens is 1. The summed E-state index contributed by atoms with van der Waals surface area (Å²) >= 11 is 5.78. The largest absolute Gasteiger partial charge is 0.454 e. The van der Waals surface area contributed by atoms with Gasteiger partial charge in [0.2, 0.25) is 6.79 Å². The van der Waals surface area contributed by atoms with Gasteiger partial charge in [0, 0.05) is 16.5 Å². The Morgan fingerprint density at radius 3 is 2.78 bits per heavy atom. The fourth-order valence-electron chi connectivity index (χ4n) is 2.76. The number of benzene rings is 2. The van der Waals surface area contributed by atoms with Crippen LogP contribution in [0.3, 0.4) is 0 Å². The zero-order valence-electron chi connectivity index (χ0n) is 12.3. The van der Waals surface area contributed by atoms with Gasteiger partial charge in [0.05, 0.1) is 11.2 Å². The van der Waals surface area contributed by atoms with Gasteiger partial charge in [0.1, 0.15) is 0 Å². The molecule has 4 rings (SSSR count). The molecule has 4 nitrogen and oxygen atoms in total. The predicted octanol–water partition coefficient (Wildman–Crippen LogP) is 4.32. The first-order valence-electron chi connectivity index (χ1n) is 7.14. The number of rotatable bonds is 2. The Kier molecular flexibility index (Phi) is 3.20. The molecule has 0 atom stereocenters. The highest BCUT2D eigenvalue weighted by molar-refractivity contribution is 6.68. The van der Waals surface area contributed by atoms with Gasteiger partial charge < -0.3 is 9.47 Å². The maximum Gasteiger partial charge on any atom is 0.253 e. The molecule has 0 N–H and O–H groups in total. The first-order valence-corrected chi connectivity index (χ1v) is 7.51. The molecule has 0 saturated heterocycles. The zero-order chi connectivity index (χ0) is 16.0.